The van der Waals surface area contributed by atoms with Crippen LogP contribution in [0.3, 0.4) is 0 Å². The van der Waals surface area contributed by atoms with Crippen LogP contribution in [-0.2, 0) is 4.74 Å². The SMILES string of the molecule is C=CC1=C(C=C)C(COC(=O)Oc2c(F)c(F)c(F)c(F)c2F)c2ccccc21. The topological polar surface area (TPSA) is 35.5 Å². The van der Waals surface area contributed by atoms with E-state index in [-0.39, 0.29) is 6.61 Å². The van der Waals surface area contributed by atoms with Gasteiger partial charge in [0.1, 0.15) is 6.61 Å². The Labute approximate surface area is 162 Å². The first-order valence-electron chi connectivity index (χ1n) is 8.26. The summed E-state index contributed by atoms with van der Waals surface area (Å²) in [5, 5.41) is 0. The molecule has 0 saturated carbocycles. The fraction of sp³-hybridized carbons (Fsp3) is 0.0952. The molecule has 8 heteroatoms. The highest BCUT2D eigenvalue weighted by Gasteiger charge is 2.31. The molecule has 3 nitrogen and oxygen atoms in total. The van der Waals surface area contributed by atoms with Gasteiger partial charge in [-0.05, 0) is 22.3 Å². The van der Waals surface area contributed by atoms with Crippen LogP contribution < -0.4 is 4.74 Å². The molecule has 1 aliphatic rings. The number of carbonyl (C=O) groups is 1. The van der Waals surface area contributed by atoms with Gasteiger partial charge in [-0.3, -0.25) is 0 Å². The summed E-state index contributed by atoms with van der Waals surface area (Å²) >= 11 is 0. The van der Waals surface area contributed by atoms with Crippen molar-refractivity contribution >= 4 is 11.7 Å². The van der Waals surface area contributed by atoms with Gasteiger partial charge in [0.25, 0.3) is 0 Å². The van der Waals surface area contributed by atoms with E-state index < -0.39 is 46.9 Å². The smallest absolute Gasteiger partial charge is 0.433 e. The molecule has 0 heterocycles. The van der Waals surface area contributed by atoms with Gasteiger partial charge in [0.15, 0.2) is 0 Å². The molecule has 0 aromatic heterocycles. The standard InChI is InChI=1S/C21H13F5O3/c1-3-10-11(4-2)14(13-8-6-5-7-12(10)13)9-28-21(27)29-20-18(25)16(23)15(22)17(24)19(20)26/h3-8,14H,1-2,9H2. The maximum absolute atomic E-state index is 13.6. The molecular formula is C21H13F5O3. The van der Waals surface area contributed by atoms with Crippen LogP contribution in [0.4, 0.5) is 26.7 Å². The van der Waals surface area contributed by atoms with Crippen LogP contribution in [0.2, 0.25) is 0 Å². The molecule has 1 aliphatic carbocycles. The maximum Gasteiger partial charge on any atom is 0.514 e. The monoisotopic (exact) mass is 408 g/mol. The van der Waals surface area contributed by atoms with Crippen LogP contribution in [0.15, 0.2) is 55.1 Å². The molecular weight excluding hydrogens is 395 g/mol. The van der Waals surface area contributed by atoms with Gasteiger partial charge >= 0.3 is 6.16 Å². The van der Waals surface area contributed by atoms with Crippen molar-refractivity contribution in [3.05, 3.63) is 95.4 Å². The van der Waals surface area contributed by atoms with E-state index in [2.05, 4.69) is 17.9 Å². The lowest BCUT2D eigenvalue weighted by atomic mass is 9.97. The number of halogens is 5. The third-order valence-electron chi connectivity index (χ3n) is 4.46. The second kappa shape index (κ2) is 7.90. The minimum absolute atomic E-state index is 0.316. The summed E-state index contributed by atoms with van der Waals surface area (Å²) in [5.41, 5.74) is 3.11. The molecule has 150 valence electrons. The number of rotatable bonds is 5. The Bertz CT molecular complexity index is 1030. The molecule has 0 fully saturated rings. The largest absolute Gasteiger partial charge is 0.514 e. The number of carbonyl (C=O) groups excluding carboxylic acids is 1. The van der Waals surface area contributed by atoms with E-state index in [1.807, 2.05) is 12.1 Å². The first kappa shape index (κ1) is 20.3. The van der Waals surface area contributed by atoms with Crippen molar-refractivity contribution in [1.29, 1.82) is 0 Å². The Kier molecular flexibility index (Phi) is 5.54. The normalized spacial score (nSPS) is 15.1. The lowest BCUT2D eigenvalue weighted by molar-refractivity contribution is 0.0923. The first-order chi connectivity index (χ1) is 13.8. The van der Waals surface area contributed by atoms with Gasteiger partial charge in [-0.25, -0.2) is 18.0 Å². The minimum Gasteiger partial charge on any atom is -0.433 e. The van der Waals surface area contributed by atoms with Gasteiger partial charge in [-0.1, -0.05) is 49.6 Å². The molecule has 0 radical (unpaired) electrons. The number of allylic oxidation sites excluding steroid dienone is 3. The summed E-state index contributed by atoms with van der Waals surface area (Å²) in [4.78, 5) is 11.9. The van der Waals surface area contributed by atoms with Crippen LogP contribution in [0, 0.1) is 29.1 Å². The van der Waals surface area contributed by atoms with Crippen molar-refractivity contribution in [2.45, 2.75) is 5.92 Å². The van der Waals surface area contributed by atoms with Crippen LogP contribution >= 0.6 is 0 Å². The average Bonchev–Trinajstić information content (AvgIpc) is 3.05. The number of fused-ring (bicyclic) bond motifs is 1. The van der Waals surface area contributed by atoms with Crippen LogP contribution in [0.5, 0.6) is 5.75 Å². The minimum atomic E-state index is -2.36. The lowest BCUT2D eigenvalue weighted by Crippen LogP contribution is -2.18. The van der Waals surface area contributed by atoms with E-state index in [0.717, 1.165) is 16.7 Å². The van der Waals surface area contributed by atoms with Crippen LogP contribution in [0.25, 0.3) is 5.57 Å². The van der Waals surface area contributed by atoms with Gasteiger partial charge in [-0.2, -0.15) is 8.78 Å². The molecule has 0 spiro atoms. The van der Waals surface area contributed by atoms with E-state index >= 15 is 0 Å². The Morgan fingerprint density at radius 1 is 0.931 bits per heavy atom. The molecule has 2 aromatic rings. The Hall–Kier alpha value is -3.42. The van der Waals surface area contributed by atoms with Gasteiger partial charge in [0.2, 0.25) is 34.8 Å². The van der Waals surface area contributed by atoms with Crippen molar-refractivity contribution in [3.8, 4) is 5.75 Å². The average molecular weight is 408 g/mol. The molecule has 3 rings (SSSR count). The Morgan fingerprint density at radius 3 is 2.10 bits per heavy atom. The summed E-state index contributed by atoms with van der Waals surface area (Å²) in [6, 6.07) is 7.21. The van der Waals surface area contributed by atoms with Crippen molar-refractivity contribution < 1.29 is 36.2 Å². The lowest BCUT2D eigenvalue weighted by Gasteiger charge is -2.15. The van der Waals surface area contributed by atoms with Crippen LogP contribution in [0.1, 0.15) is 17.0 Å². The molecule has 0 aliphatic heterocycles. The van der Waals surface area contributed by atoms with Gasteiger partial charge in [-0.15, -0.1) is 0 Å². The quantitative estimate of drug-likeness (QED) is 0.206. The summed E-state index contributed by atoms with van der Waals surface area (Å²) in [5.74, 6) is -13.6. The molecule has 1 unspecified atom stereocenters. The molecule has 0 N–H and O–H groups in total. The van der Waals surface area contributed by atoms with E-state index in [9.17, 15) is 26.7 Å². The molecule has 0 saturated heterocycles. The first-order valence-corrected chi connectivity index (χ1v) is 8.26. The zero-order valence-electron chi connectivity index (χ0n) is 14.8. The van der Waals surface area contributed by atoms with Gasteiger partial charge in [0, 0.05) is 5.92 Å². The summed E-state index contributed by atoms with van der Waals surface area (Å²) in [6.45, 7) is 7.15. The predicted octanol–water partition coefficient (Wildman–Crippen LogP) is 5.82. The van der Waals surface area contributed by atoms with E-state index in [1.165, 1.54) is 0 Å². The zero-order valence-corrected chi connectivity index (χ0v) is 14.8. The number of hydrogen-bond acceptors (Lipinski definition) is 3. The fourth-order valence-corrected chi connectivity index (χ4v) is 3.16. The van der Waals surface area contributed by atoms with E-state index in [1.54, 1.807) is 24.3 Å². The third kappa shape index (κ3) is 3.41. The predicted molar refractivity (Wildman–Crippen MR) is 94.7 cm³/mol. The van der Waals surface area contributed by atoms with Gasteiger partial charge < -0.3 is 9.47 Å². The van der Waals surface area contributed by atoms with Crippen molar-refractivity contribution in [1.82, 2.24) is 0 Å². The van der Waals surface area contributed by atoms with E-state index in [0.29, 0.717) is 5.57 Å². The zero-order chi connectivity index (χ0) is 21.3. The highest BCUT2D eigenvalue weighted by atomic mass is 19.2. The summed E-state index contributed by atoms with van der Waals surface area (Å²) in [7, 11) is 0. The van der Waals surface area contributed by atoms with E-state index in [4.69, 9.17) is 4.74 Å². The third-order valence-corrected chi connectivity index (χ3v) is 4.46. The fourth-order valence-electron chi connectivity index (χ4n) is 3.16. The van der Waals surface area contributed by atoms with Crippen molar-refractivity contribution in [2.24, 2.45) is 0 Å². The van der Waals surface area contributed by atoms with Crippen LogP contribution in [-0.4, -0.2) is 12.8 Å². The molecule has 0 bridgehead atoms. The molecule has 2 aromatic carbocycles. The second-order valence-electron chi connectivity index (χ2n) is 5.98. The Morgan fingerprint density at radius 2 is 1.52 bits per heavy atom. The maximum atomic E-state index is 13.6. The molecule has 1 atom stereocenters. The second-order valence-corrected chi connectivity index (χ2v) is 5.98. The number of benzene rings is 2. The highest BCUT2D eigenvalue weighted by molar-refractivity contribution is 5.86. The number of ether oxygens (including phenoxy) is 2. The molecule has 0 amide bonds. The number of hydrogen-bond donors (Lipinski definition) is 0. The summed E-state index contributed by atoms with van der Waals surface area (Å²) < 4.78 is 75.9. The summed E-state index contributed by atoms with van der Waals surface area (Å²) in [6.07, 6.45) is 1.55. The van der Waals surface area contributed by atoms with Crippen molar-refractivity contribution in [2.75, 3.05) is 6.61 Å². The van der Waals surface area contributed by atoms with Gasteiger partial charge in [0.05, 0.1) is 0 Å². The highest BCUT2D eigenvalue weighted by Crippen LogP contribution is 2.43. The van der Waals surface area contributed by atoms with Crippen molar-refractivity contribution in [3.63, 3.8) is 0 Å². The Balaban J connectivity index is 1.81. The molecule has 29 heavy (non-hydrogen) atoms.